The minimum atomic E-state index is 0. The van der Waals surface area contributed by atoms with Crippen molar-refractivity contribution in [2.45, 2.75) is 0 Å². The second-order valence-electron chi connectivity index (χ2n) is 1.52. The average Bonchev–Trinajstić information content (AvgIpc) is 2.67. The highest BCUT2D eigenvalue weighted by atomic mass is 79.9. The number of aromatic amines is 2. The fourth-order valence-electron chi connectivity index (χ4n) is 0.430. The lowest BCUT2D eigenvalue weighted by Crippen LogP contribution is -1.44. The lowest BCUT2D eigenvalue weighted by atomic mass is 11.0. The molecule has 2 N–H and O–H groups in total. The van der Waals surface area contributed by atoms with E-state index in [4.69, 9.17) is 0 Å². The molecule has 11 heavy (non-hydrogen) atoms. The summed E-state index contributed by atoms with van der Waals surface area (Å²) in [5.74, 6) is 0. The number of nitrogens with one attached hydrogen (secondary N) is 2. The highest BCUT2D eigenvalue weighted by molar-refractivity contribution is 8.93. The normalized spacial score (nSPS) is 7.27. The monoisotopic (exact) mass is 216 g/mol. The van der Waals surface area contributed by atoms with Crippen molar-refractivity contribution in [3.8, 4) is 0 Å². The molecule has 0 bridgehead atoms. The van der Waals surface area contributed by atoms with Crippen molar-refractivity contribution in [1.29, 1.82) is 0 Å². The maximum atomic E-state index is 3.67. The standard InChI is InChI=1S/2C3H4N2.BrH/c2*1-2-5-3-4-1;/h2*1-3H,(H,4,5);1H. The van der Waals surface area contributed by atoms with E-state index in [1.165, 1.54) is 0 Å². The van der Waals surface area contributed by atoms with Crippen LogP contribution in [0.1, 0.15) is 0 Å². The average molecular weight is 217 g/mol. The number of aromatic nitrogens is 4. The molecule has 5 heteroatoms. The summed E-state index contributed by atoms with van der Waals surface area (Å²) < 4.78 is 0. The molecular formula is C6H9BrN4. The van der Waals surface area contributed by atoms with Crippen LogP contribution in [0.2, 0.25) is 0 Å². The van der Waals surface area contributed by atoms with Crippen molar-refractivity contribution in [3.63, 3.8) is 0 Å². The second-order valence-corrected chi connectivity index (χ2v) is 1.52. The summed E-state index contributed by atoms with van der Waals surface area (Å²) in [6.45, 7) is 0. The first-order chi connectivity index (χ1) is 5.00. The van der Waals surface area contributed by atoms with Crippen LogP contribution in [0.25, 0.3) is 0 Å². The summed E-state index contributed by atoms with van der Waals surface area (Å²) in [5, 5.41) is 0. The first kappa shape index (κ1) is 9.90. The van der Waals surface area contributed by atoms with Crippen LogP contribution in [0, 0.1) is 0 Å². The molecule has 0 aliphatic carbocycles. The minimum absolute atomic E-state index is 0. The van der Waals surface area contributed by atoms with Gasteiger partial charge in [-0.1, -0.05) is 0 Å². The Morgan fingerprint density at radius 2 is 1.27 bits per heavy atom. The molecule has 60 valence electrons. The van der Waals surface area contributed by atoms with Gasteiger partial charge in [0, 0.05) is 24.8 Å². The molecule has 0 saturated carbocycles. The third-order valence-corrected chi connectivity index (χ3v) is 0.812. The van der Waals surface area contributed by atoms with Gasteiger partial charge in [0.05, 0.1) is 12.7 Å². The predicted molar refractivity (Wildman–Crippen MR) is 47.5 cm³/mol. The summed E-state index contributed by atoms with van der Waals surface area (Å²) in [6.07, 6.45) is 10.2. The Morgan fingerprint density at radius 3 is 1.36 bits per heavy atom. The van der Waals surface area contributed by atoms with Crippen molar-refractivity contribution < 1.29 is 0 Å². The zero-order chi connectivity index (χ0) is 7.07. The Bertz CT molecular complexity index is 154. The van der Waals surface area contributed by atoms with Crippen LogP contribution in [0.3, 0.4) is 0 Å². The molecule has 2 rings (SSSR count). The van der Waals surface area contributed by atoms with Gasteiger partial charge in [0.1, 0.15) is 0 Å². The third-order valence-electron chi connectivity index (χ3n) is 0.812. The maximum Gasteiger partial charge on any atom is 0.0919 e. The number of H-pyrrole nitrogens is 2. The molecule has 0 spiro atoms. The maximum absolute atomic E-state index is 3.67. The van der Waals surface area contributed by atoms with E-state index in [0.717, 1.165) is 0 Å². The van der Waals surface area contributed by atoms with Gasteiger partial charge in [-0.3, -0.25) is 0 Å². The van der Waals surface area contributed by atoms with Crippen molar-refractivity contribution in [3.05, 3.63) is 37.4 Å². The lowest BCUT2D eigenvalue weighted by molar-refractivity contribution is 1.31. The van der Waals surface area contributed by atoms with Crippen LogP contribution in [0.15, 0.2) is 37.4 Å². The molecule has 0 saturated heterocycles. The molecule has 0 unspecified atom stereocenters. The van der Waals surface area contributed by atoms with Gasteiger partial charge < -0.3 is 9.97 Å². The summed E-state index contributed by atoms with van der Waals surface area (Å²) >= 11 is 0. The van der Waals surface area contributed by atoms with E-state index in [9.17, 15) is 0 Å². The molecule has 2 aromatic rings. The summed E-state index contributed by atoms with van der Waals surface area (Å²) in [7, 11) is 0. The van der Waals surface area contributed by atoms with Gasteiger partial charge in [0.25, 0.3) is 0 Å². The van der Waals surface area contributed by atoms with Gasteiger partial charge in [-0.05, 0) is 0 Å². The van der Waals surface area contributed by atoms with Crippen molar-refractivity contribution >= 4 is 17.0 Å². The number of rotatable bonds is 0. The fourth-order valence-corrected chi connectivity index (χ4v) is 0.430. The minimum Gasteiger partial charge on any atom is -0.351 e. The van der Waals surface area contributed by atoms with Crippen molar-refractivity contribution in [2.24, 2.45) is 0 Å². The fraction of sp³-hybridized carbons (Fsp3) is 0. The van der Waals surface area contributed by atoms with E-state index in [2.05, 4.69) is 19.9 Å². The number of nitrogens with zero attached hydrogens (tertiary/aromatic N) is 2. The van der Waals surface area contributed by atoms with E-state index < -0.39 is 0 Å². The Morgan fingerprint density at radius 1 is 0.818 bits per heavy atom. The number of imidazole rings is 2. The molecule has 0 atom stereocenters. The molecule has 0 amide bonds. The van der Waals surface area contributed by atoms with Crippen LogP contribution in [0.5, 0.6) is 0 Å². The highest BCUT2D eigenvalue weighted by Crippen LogP contribution is 1.63. The van der Waals surface area contributed by atoms with Crippen LogP contribution in [-0.4, -0.2) is 19.9 Å². The van der Waals surface area contributed by atoms with E-state index in [1.54, 1.807) is 37.4 Å². The second kappa shape index (κ2) is 7.01. The molecule has 0 radical (unpaired) electrons. The molecule has 2 aromatic heterocycles. The molecule has 2 heterocycles. The summed E-state index contributed by atoms with van der Waals surface area (Å²) in [6, 6.07) is 0. The predicted octanol–water partition coefficient (Wildman–Crippen LogP) is 1.40. The topological polar surface area (TPSA) is 57.4 Å². The number of hydrogen-bond acceptors (Lipinski definition) is 2. The van der Waals surface area contributed by atoms with Gasteiger partial charge in [-0.15, -0.1) is 17.0 Å². The molecule has 0 aliphatic heterocycles. The summed E-state index contributed by atoms with van der Waals surface area (Å²) in [4.78, 5) is 12.8. The SMILES string of the molecule is Br.c1c[nH]cn1.c1c[nH]cn1. The molecule has 0 fully saturated rings. The van der Waals surface area contributed by atoms with E-state index in [-0.39, 0.29) is 17.0 Å². The zero-order valence-electron chi connectivity index (χ0n) is 5.77. The van der Waals surface area contributed by atoms with Crippen molar-refractivity contribution in [2.75, 3.05) is 0 Å². The van der Waals surface area contributed by atoms with E-state index in [1.807, 2.05) is 0 Å². The smallest absolute Gasteiger partial charge is 0.0919 e. The van der Waals surface area contributed by atoms with Crippen LogP contribution < -0.4 is 0 Å². The van der Waals surface area contributed by atoms with Gasteiger partial charge in [-0.2, -0.15) is 0 Å². The molecule has 4 nitrogen and oxygen atoms in total. The van der Waals surface area contributed by atoms with Gasteiger partial charge in [0.15, 0.2) is 0 Å². The largest absolute Gasteiger partial charge is 0.351 e. The Balaban J connectivity index is 0.000000167. The van der Waals surface area contributed by atoms with Crippen LogP contribution in [-0.2, 0) is 0 Å². The molecule has 0 aliphatic rings. The number of halogens is 1. The first-order valence-corrected chi connectivity index (χ1v) is 2.85. The van der Waals surface area contributed by atoms with Crippen LogP contribution >= 0.6 is 17.0 Å². The lowest BCUT2D eigenvalue weighted by Gasteiger charge is -1.46. The Hall–Kier alpha value is -1.10. The van der Waals surface area contributed by atoms with Gasteiger partial charge >= 0.3 is 0 Å². The Kier molecular flexibility index (Phi) is 6.31. The number of hydrogen-bond donors (Lipinski definition) is 2. The quantitative estimate of drug-likeness (QED) is 0.700. The summed E-state index contributed by atoms with van der Waals surface area (Å²) in [5.41, 5.74) is 0. The van der Waals surface area contributed by atoms with Gasteiger partial charge in [-0.25, -0.2) is 9.97 Å². The Labute approximate surface area is 74.9 Å². The molecular weight excluding hydrogens is 208 g/mol. The highest BCUT2D eigenvalue weighted by Gasteiger charge is 1.56. The molecule has 0 aromatic carbocycles. The van der Waals surface area contributed by atoms with E-state index in [0.29, 0.717) is 0 Å². The van der Waals surface area contributed by atoms with E-state index >= 15 is 0 Å². The van der Waals surface area contributed by atoms with Crippen LogP contribution in [0.4, 0.5) is 0 Å². The zero-order valence-corrected chi connectivity index (χ0v) is 7.48. The first-order valence-electron chi connectivity index (χ1n) is 2.85. The van der Waals surface area contributed by atoms with Gasteiger partial charge in [0.2, 0.25) is 0 Å². The third kappa shape index (κ3) is 5.35. The van der Waals surface area contributed by atoms with Crippen molar-refractivity contribution in [1.82, 2.24) is 19.9 Å².